The molecule has 0 aliphatic rings. The molecule has 0 saturated carbocycles. The van der Waals surface area contributed by atoms with Crippen LogP contribution in [0, 0.1) is 5.82 Å². The lowest BCUT2D eigenvalue weighted by molar-refractivity contribution is 0.628. The molecule has 0 atom stereocenters. The minimum absolute atomic E-state index is 0.244. The third-order valence-corrected chi connectivity index (χ3v) is 4.70. The number of halogens is 1. The molecule has 0 fully saturated rings. The summed E-state index contributed by atoms with van der Waals surface area (Å²) in [5.41, 5.74) is 7.90. The smallest absolute Gasteiger partial charge is 0.150 e. The van der Waals surface area contributed by atoms with Crippen LogP contribution in [0.3, 0.4) is 0 Å². The SMILES string of the molecule is N/N=C(\N)c1ccc2c(c1)nc(Nc1cccc(F)c1)c1cscc12. The first kappa shape index (κ1) is 15.3. The van der Waals surface area contributed by atoms with E-state index in [0.717, 1.165) is 21.7 Å². The van der Waals surface area contributed by atoms with E-state index in [9.17, 15) is 4.39 Å². The molecule has 0 amide bonds. The number of nitrogens with zero attached hydrogens (tertiary/aromatic N) is 2. The topological polar surface area (TPSA) is 89.3 Å². The van der Waals surface area contributed by atoms with Gasteiger partial charge in [0.25, 0.3) is 0 Å². The number of pyridine rings is 1. The van der Waals surface area contributed by atoms with Crippen LogP contribution in [0.4, 0.5) is 15.9 Å². The second-order valence-corrected chi connectivity index (χ2v) is 6.28. The zero-order valence-corrected chi connectivity index (χ0v) is 13.8. The highest BCUT2D eigenvalue weighted by Crippen LogP contribution is 2.34. The van der Waals surface area contributed by atoms with Crippen LogP contribution < -0.4 is 16.9 Å². The van der Waals surface area contributed by atoms with Crippen molar-refractivity contribution >= 4 is 50.4 Å². The molecule has 0 radical (unpaired) electrons. The summed E-state index contributed by atoms with van der Waals surface area (Å²) in [5.74, 6) is 5.87. The lowest BCUT2D eigenvalue weighted by Crippen LogP contribution is -2.15. The van der Waals surface area contributed by atoms with Gasteiger partial charge < -0.3 is 16.9 Å². The number of hydrazone groups is 1. The Morgan fingerprint density at radius 3 is 2.72 bits per heavy atom. The number of hydrogen-bond donors (Lipinski definition) is 3. The number of nitrogens with two attached hydrogens (primary N) is 2. The average molecular weight is 351 g/mol. The van der Waals surface area contributed by atoms with E-state index in [4.69, 9.17) is 16.6 Å². The van der Waals surface area contributed by atoms with Crippen LogP contribution in [0.25, 0.3) is 21.7 Å². The van der Waals surface area contributed by atoms with Gasteiger partial charge in [0.15, 0.2) is 0 Å². The highest BCUT2D eigenvalue weighted by molar-refractivity contribution is 7.09. The third-order valence-electron chi connectivity index (χ3n) is 3.96. The van der Waals surface area contributed by atoms with Gasteiger partial charge in [0.2, 0.25) is 0 Å². The molecule has 0 spiro atoms. The maximum atomic E-state index is 13.5. The van der Waals surface area contributed by atoms with Crippen LogP contribution in [0.2, 0.25) is 0 Å². The highest BCUT2D eigenvalue weighted by Gasteiger charge is 2.11. The van der Waals surface area contributed by atoms with Gasteiger partial charge in [-0.2, -0.15) is 16.4 Å². The van der Waals surface area contributed by atoms with Crippen LogP contribution in [-0.2, 0) is 0 Å². The number of thiophene rings is 1. The lowest BCUT2D eigenvalue weighted by Gasteiger charge is -2.10. The predicted molar refractivity (Wildman–Crippen MR) is 102 cm³/mol. The number of hydrogen-bond acceptors (Lipinski definition) is 5. The molecule has 25 heavy (non-hydrogen) atoms. The quantitative estimate of drug-likeness (QED) is 0.226. The fourth-order valence-corrected chi connectivity index (χ4v) is 3.59. The Kier molecular flexibility index (Phi) is 3.70. The number of anilines is 2. The molecular weight excluding hydrogens is 337 g/mol. The maximum Gasteiger partial charge on any atom is 0.150 e. The molecule has 0 bridgehead atoms. The van der Waals surface area contributed by atoms with Crippen molar-refractivity contribution in [3.8, 4) is 0 Å². The van der Waals surface area contributed by atoms with Gasteiger partial charge in [0, 0.05) is 32.8 Å². The Balaban J connectivity index is 1.91. The summed E-state index contributed by atoms with van der Waals surface area (Å²) < 4.78 is 13.5. The first-order chi connectivity index (χ1) is 12.2. The Morgan fingerprint density at radius 2 is 1.92 bits per heavy atom. The molecule has 2 heterocycles. The maximum absolute atomic E-state index is 13.5. The first-order valence-corrected chi connectivity index (χ1v) is 8.46. The molecule has 7 heteroatoms. The summed E-state index contributed by atoms with van der Waals surface area (Å²) >= 11 is 1.59. The molecule has 124 valence electrons. The third kappa shape index (κ3) is 2.74. The molecule has 0 unspecified atom stereocenters. The van der Waals surface area contributed by atoms with Gasteiger partial charge in [-0.15, -0.1) is 0 Å². The van der Waals surface area contributed by atoms with Gasteiger partial charge in [0.05, 0.1) is 5.52 Å². The Bertz CT molecular complexity index is 1120. The van der Waals surface area contributed by atoms with Crippen molar-refractivity contribution < 1.29 is 4.39 Å². The van der Waals surface area contributed by atoms with E-state index in [-0.39, 0.29) is 11.7 Å². The second-order valence-electron chi connectivity index (χ2n) is 5.54. The first-order valence-electron chi connectivity index (χ1n) is 7.51. The van der Waals surface area contributed by atoms with E-state index < -0.39 is 0 Å². The molecule has 4 aromatic rings. The normalized spacial score (nSPS) is 12.0. The summed E-state index contributed by atoms with van der Waals surface area (Å²) in [7, 11) is 0. The monoisotopic (exact) mass is 351 g/mol. The van der Waals surface area contributed by atoms with Gasteiger partial charge in [-0.05, 0) is 29.6 Å². The van der Waals surface area contributed by atoms with E-state index in [1.807, 2.05) is 23.6 Å². The van der Waals surface area contributed by atoms with Crippen LogP contribution in [0.5, 0.6) is 0 Å². The van der Waals surface area contributed by atoms with E-state index >= 15 is 0 Å². The zero-order valence-electron chi connectivity index (χ0n) is 13.0. The summed E-state index contributed by atoms with van der Waals surface area (Å²) in [6.07, 6.45) is 0. The highest BCUT2D eigenvalue weighted by atomic mass is 32.1. The van der Waals surface area contributed by atoms with Gasteiger partial charge in [-0.3, -0.25) is 0 Å². The largest absolute Gasteiger partial charge is 0.382 e. The molecule has 5 nitrogen and oxygen atoms in total. The van der Waals surface area contributed by atoms with Crippen LogP contribution in [0.1, 0.15) is 5.56 Å². The van der Waals surface area contributed by atoms with E-state index in [1.165, 1.54) is 12.1 Å². The van der Waals surface area contributed by atoms with E-state index in [0.29, 0.717) is 17.1 Å². The minimum Gasteiger partial charge on any atom is -0.382 e. The van der Waals surface area contributed by atoms with Crippen molar-refractivity contribution in [2.24, 2.45) is 16.7 Å². The standard InChI is InChI=1S/C18H14FN5S/c19-11-2-1-3-12(7-11)22-18-15-9-25-8-14(15)13-5-4-10(17(20)24-21)6-16(13)23-18/h1-9H,21H2,(H2,20,24)(H,22,23). The molecule has 0 saturated heterocycles. The lowest BCUT2D eigenvalue weighted by atomic mass is 10.1. The van der Waals surface area contributed by atoms with Gasteiger partial charge >= 0.3 is 0 Å². The fraction of sp³-hybridized carbons (Fsp3) is 0. The number of amidine groups is 1. The number of rotatable bonds is 3. The number of nitrogens with one attached hydrogen (secondary N) is 1. The zero-order chi connectivity index (χ0) is 17.4. The Labute approximate surface area is 146 Å². The van der Waals surface area contributed by atoms with Crippen molar-refractivity contribution in [3.05, 3.63) is 64.6 Å². The fourth-order valence-electron chi connectivity index (χ4n) is 2.75. The molecule has 0 aliphatic carbocycles. The predicted octanol–water partition coefficient (Wildman–Crippen LogP) is 3.91. The van der Waals surface area contributed by atoms with Crippen molar-refractivity contribution in [3.63, 3.8) is 0 Å². The number of benzene rings is 2. The molecule has 0 aliphatic heterocycles. The van der Waals surface area contributed by atoms with Crippen LogP contribution >= 0.6 is 11.3 Å². The minimum atomic E-state index is -0.304. The van der Waals surface area contributed by atoms with Crippen molar-refractivity contribution in [1.82, 2.24) is 4.98 Å². The van der Waals surface area contributed by atoms with Gasteiger partial charge in [-0.25, -0.2) is 9.37 Å². The van der Waals surface area contributed by atoms with E-state index in [1.54, 1.807) is 23.5 Å². The van der Waals surface area contributed by atoms with Crippen molar-refractivity contribution in [2.45, 2.75) is 0 Å². The van der Waals surface area contributed by atoms with Crippen molar-refractivity contribution in [1.29, 1.82) is 0 Å². The summed E-state index contributed by atoms with van der Waals surface area (Å²) in [4.78, 5) is 4.70. The Morgan fingerprint density at radius 1 is 1.08 bits per heavy atom. The average Bonchev–Trinajstić information content (AvgIpc) is 3.11. The van der Waals surface area contributed by atoms with Crippen molar-refractivity contribution in [2.75, 3.05) is 5.32 Å². The number of fused-ring (bicyclic) bond motifs is 3. The Hall–Kier alpha value is -3.19. The van der Waals surface area contributed by atoms with E-state index in [2.05, 4.69) is 15.8 Å². The van der Waals surface area contributed by atoms with Crippen LogP contribution in [0.15, 0.2) is 58.3 Å². The van der Waals surface area contributed by atoms with Gasteiger partial charge in [-0.1, -0.05) is 18.2 Å². The number of aromatic nitrogens is 1. The summed E-state index contributed by atoms with van der Waals surface area (Å²) in [6.45, 7) is 0. The summed E-state index contributed by atoms with van der Waals surface area (Å²) in [6, 6.07) is 11.9. The molecular formula is C18H14FN5S. The molecule has 2 aromatic carbocycles. The van der Waals surface area contributed by atoms with Crippen LogP contribution in [-0.4, -0.2) is 10.8 Å². The molecule has 2 aromatic heterocycles. The molecule has 5 N–H and O–H groups in total. The second kappa shape index (κ2) is 6.03. The summed E-state index contributed by atoms with van der Waals surface area (Å²) in [5, 5.41) is 13.9. The van der Waals surface area contributed by atoms with Gasteiger partial charge in [0.1, 0.15) is 17.5 Å². The molecule has 4 rings (SSSR count).